The highest BCUT2D eigenvalue weighted by atomic mass is 16.2. The number of carbonyl (C=O) groups is 1. The van der Waals surface area contributed by atoms with E-state index >= 15 is 0 Å². The second-order valence-electron chi connectivity index (χ2n) is 4.21. The predicted molar refractivity (Wildman–Crippen MR) is 61.0 cm³/mol. The number of benzene rings is 1. The molecule has 1 aromatic rings. The van der Waals surface area contributed by atoms with Crippen molar-refractivity contribution in [2.45, 2.75) is 12.5 Å². The molecule has 0 aliphatic carbocycles. The van der Waals surface area contributed by atoms with Gasteiger partial charge in [-0.2, -0.15) is 0 Å². The van der Waals surface area contributed by atoms with E-state index in [4.69, 9.17) is 0 Å². The van der Waals surface area contributed by atoms with Gasteiger partial charge in [-0.15, -0.1) is 0 Å². The Morgan fingerprint density at radius 2 is 2.00 bits per heavy atom. The molecule has 2 rings (SSSR count). The van der Waals surface area contributed by atoms with Crippen molar-refractivity contribution in [1.29, 1.82) is 0 Å². The van der Waals surface area contributed by atoms with Gasteiger partial charge in [-0.3, -0.25) is 9.69 Å². The summed E-state index contributed by atoms with van der Waals surface area (Å²) in [5, 5.41) is 0. The fourth-order valence-corrected chi connectivity index (χ4v) is 2.05. The molecule has 0 fully saturated rings. The highest BCUT2D eigenvalue weighted by molar-refractivity contribution is 5.99. The summed E-state index contributed by atoms with van der Waals surface area (Å²) in [7, 11) is 5.74. The van der Waals surface area contributed by atoms with Crippen LogP contribution >= 0.6 is 0 Å². The van der Waals surface area contributed by atoms with E-state index in [1.165, 1.54) is 5.56 Å². The summed E-state index contributed by atoms with van der Waals surface area (Å²) in [4.78, 5) is 15.7. The number of hydrogen-bond acceptors (Lipinski definition) is 2. The van der Waals surface area contributed by atoms with Gasteiger partial charge in [0.15, 0.2) is 0 Å². The van der Waals surface area contributed by atoms with Gasteiger partial charge in [0.1, 0.15) is 0 Å². The number of rotatable bonds is 1. The van der Waals surface area contributed by atoms with Crippen molar-refractivity contribution in [1.82, 2.24) is 4.90 Å². The molecule has 3 nitrogen and oxygen atoms in total. The van der Waals surface area contributed by atoms with E-state index in [0.29, 0.717) is 0 Å². The third kappa shape index (κ3) is 1.63. The average molecular weight is 204 g/mol. The molecule has 1 heterocycles. The number of likely N-dealkylation sites (N-methyl/N-ethyl adjacent to an activating group) is 2. The van der Waals surface area contributed by atoms with Crippen LogP contribution < -0.4 is 4.90 Å². The second kappa shape index (κ2) is 3.66. The zero-order chi connectivity index (χ0) is 11.0. The van der Waals surface area contributed by atoms with E-state index in [1.54, 1.807) is 4.90 Å². The molecule has 0 bridgehead atoms. The predicted octanol–water partition coefficient (Wildman–Crippen LogP) is 1.14. The Labute approximate surface area is 90.3 Å². The van der Waals surface area contributed by atoms with Crippen LogP contribution in [0, 0.1) is 0 Å². The maximum atomic E-state index is 12.0. The van der Waals surface area contributed by atoms with Crippen LogP contribution in [0.5, 0.6) is 0 Å². The Kier molecular flexibility index (Phi) is 2.49. The van der Waals surface area contributed by atoms with Gasteiger partial charge in [-0.05, 0) is 32.1 Å². The van der Waals surface area contributed by atoms with Crippen LogP contribution in [0.4, 0.5) is 5.69 Å². The Morgan fingerprint density at radius 3 is 2.67 bits per heavy atom. The van der Waals surface area contributed by atoms with Gasteiger partial charge in [0, 0.05) is 12.7 Å². The van der Waals surface area contributed by atoms with Gasteiger partial charge in [0.05, 0.1) is 6.04 Å². The van der Waals surface area contributed by atoms with Crippen molar-refractivity contribution >= 4 is 11.6 Å². The minimum atomic E-state index is -0.0232. The molecular formula is C12H16N2O. The molecule has 80 valence electrons. The Morgan fingerprint density at radius 1 is 1.33 bits per heavy atom. The highest BCUT2D eigenvalue weighted by Crippen LogP contribution is 2.27. The molecule has 1 aromatic carbocycles. The Hall–Kier alpha value is -1.35. The SMILES string of the molecule is CN1C(=O)C(N(C)C)Cc2ccccc21. The lowest BCUT2D eigenvalue weighted by Gasteiger charge is -2.34. The quantitative estimate of drug-likeness (QED) is 0.684. The molecule has 3 heteroatoms. The van der Waals surface area contributed by atoms with Gasteiger partial charge in [-0.25, -0.2) is 0 Å². The highest BCUT2D eigenvalue weighted by Gasteiger charge is 2.31. The lowest BCUT2D eigenvalue weighted by atomic mass is 9.97. The maximum absolute atomic E-state index is 12.0. The monoisotopic (exact) mass is 204 g/mol. The first-order valence-corrected chi connectivity index (χ1v) is 5.13. The first kappa shape index (κ1) is 10.2. The van der Waals surface area contributed by atoms with Gasteiger partial charge < -0.3 is 4.90 Å². The average Bonchev–Trinajstić information content (AvgIpc) is 2.23. The summed E-state index contributed by atoms with van der Waals surface area (Å²) in [5.74, 6) is 0.179. The summed E-state index contributed by atoms with van der Waals surface area (Å²) in [6.07, 6.45) is 0.812. The van der Waals surface area contributed by atoms with Crippen molar-refractivity contribution in [3.63, 3.8) is 0 Å². The number of nitrogens with zero attached hydrogens (tertiary/aromatic N) is 2. The standard InChI is InChI=1S/C12H16N2O/c1-13(2)11-8-9-6-4-5-7-10(9)14(3)12(11)15/h4-7,11H,8H2,1-3H3. The van der Waals surface area contributed by atoms with Gasteiger partial charge in [-0.1, -0.05) is 18.2 Å². The van der Waals surface area contributed by atoms with Crippen molar-refractivity contribution < 1.29 is 4.79 Å². The molecule has 0 radical (unpaired) electrons. The van der Waals surface area contributed by atoms with Crippen molar-refractivity contribution in [2.24, 2.45) is 0 Å². The molecule has 0 aromatic heterocycles. The smallest absolute Gasteiger partial charge is 0.244 e. The van der Waals surface area contributed by atoms with E-state index in [0.717, 1.165) is 12.1 Å². The van der Waals surface area contributed by atoms with Crippen LogP contribution in [0.1, 0.15) is 5.56 Å². The number of hydrogen-bond donors (Lipinski definition) is 0. The van der Waals surface area contributed by atoms with Gasteiger partial charge in [0.25, 0.3) is 0 Å². The van der Waals surface area contributed by atoms with Crippen LogP contribution in [0.2, 0.25) is 0 Å². The first-order valence-electron chi connectivity index (χ1n) is 5.13. The maximum Gasteiger partial charge on any atom is 0.244 e. The molecular weight excluding hydrogens is 188 g/mol. The summed E-state index contributed by atoms with van der Waals surface area (Å²) in [5.41, 5.74) is 2.29. The zero-order valence-electron chi connectivity index (χ0n) is 9.40. The lowest BCUT2D eigenvalue weighted by molar-refractivity contribution is -0.123. The van der Waals surface area contributed by atoms with Crippen LogP contribution in [0.15, 0.2) is 24.3 Å². The topological polar surface area (TPSA) is 23.6 Å². The number of anilines is 1. The first-order chi connectivity index (χ1) is 7.11. The van der Waals surface area contributed by atoms with Crippen molar-refractivity contribution in [3.8, 4) is 0 Å². The normalized spacial score (nSPS) is 20.7. The summed E-state index contributed by atoms with van der Waals surface area (Å²) in [6.45, 7) is 0. The third-order valence-electron chi connectivity index (χ3n) is 3.01. The van der Waals surface area contributed by atoms with E-state index < -0.39 is 0 Å². The zero-order valence-corrected chi connectivity index (χ0v) is 9.40. The molecule has 0 spiro atoms. The molecule has 0 saturated heterocycles. The molecule has 1 amide bonds. The Bertz CT molecular complexity index is 387. The molecule has 0 N–H and O–H groups in total. The van der Waals surface area contributed by atoms with E-state index in [-0.39, 0.29) is 11.9 Å². The Balaban J connectivity index is 2.41. The van der Waals surface area contributed by atoms with Crippen LogP contribution in [0.3, 0.4) is 0 Å². The van der Waals surface area contributed by atoms with E-state index in [1.807, 2.05) is 44.2 Å². The summed E-state index contributed by atoms with van der Waals surface area (Å²) < 4.78 is 0. The number of para-hydroxylation sites is 1. The molecule has 0 saturated carbocycles. The van der Waals surface area contributed by atoms with E-state index in [2.05, 4.69) is 6.07 Å². The second-order valence-corrected chi connectivity index (χ2v) is 4.21. The van der Waals surface area contributed by atoms with E-state index in [9.17, 15) is 4.79 Å². The molecule has 15 heavy (non-hydrogen) atoms. The van der Waals surface area contributed by atoms with Crippen LogP contribution in [-0.2, 0) is 11.2 Å². The molecule has 1 unspecified atom stereocenters. The number of fused-ring (bicyclic) bond motifs is 1. The minimum absolute atomic E-state index is 0.0232. The summed E-state index contributed by atoms with van der Waals surface area (Å²) >= 11 is 0. The van der Waals surface area contributed by atoms with Crippen molar-refractivity contribution in [2.75, 3.05) is 26.0 Å². The largest absolute Gasteiger partial charge is 0.314 e. The number of amides is 1. The molecule has 1 atom stereocenters. The third-order valence-corrected chi connectivity index (χ3v) is 3.01. The minimum Gasteiger partial charge on any atom is -0.314 e. The van der Waals surface area contributed by atoms with Crippen molar-refractivity contribution in [3.05, 3.63) is 29.8 Å². The lowest BCUT2D eigenvalue weighted by Crippen LogP contribution is -2.49. The fourth-order valence-electron chi connectivity index (χ4n) is 2.05. The molecule has 1 aliphatic heterocycles. The van der Waals surface area contributed by atoms with Crippen LogP contribution in [-0.4, -0.2) is 38.0 Å². The fraction of sp³-hybridized carbons (Fsp3) is 0.417. The molecule has 1 aliphatic rings. The van der Waals surface area contributed by atoms with Crippen LogP contribution in [0.25, 0.3) is 0 Å². The summed E-state index contributed by atoms with van der Waals surface area (Å²) in [6, 6.07) is 8.06. The number of carbonyl (C=O) groups excluding carboxylic acids is 1. The van der Waals surface area contributed by atoms with Gasteiger partial charge in [0.2, 0.25) is 5.91 Å². The van der Waals surface area contributed by atoms with Gasteiger partial charge >= 0.3 is 0 Å².